The molecule has 0 aromatic heterocycles. The fraction of sp³-hybridized carbons (Fsp3) is 0.667. The fourth-order valence-corrected chi connectivity index (χ4v) is 3.63. The van der Waals surface area contributed by atoms with Crippen LogP contribution in [0, 0.1) is 11.8 Å². The summed E-state index contributed by atoms with van der Waals surface area (Å²) < 4.78 is 1.16. The van der Waals surface area contributed by atoms with E-state index in [1.807, 2.05) is 0 Å². The van der Waals surface area contributed by atoms with Crippen molar-refractivity contribution in [3.8, 4) is 0 Å². The molecule has 1 aromatic rings. The van der Waals surface area contributed by atoms with Gasteiger partial charge >= 0.3 is 0 Å². The zero-order chi connectivity index (χ0) is 14.5. The molecule has 1 saturated carbocycles. The second-order valence-corrected chi connectivity index (χ2v) is 7.56. The summed E-state index contributed by atoms with van der Waals surface area (Å²) in [7, 11) is 0. The molecule has 1 aliphatic carbocycles. The minimum atomic E-state index is 0.448. The van der Waals surface area contributed by atoms with Gasteiger partial charge in [-0.05, 0) is 55.7 Å². The normalized spacial score (nSPS) is 25.4. The average molecular weight is 338 g/mol. The third-order valence-corrected chi connectivity index (χ3v) is 5.34. The molecule has 0 spiro atoms. The van der Waals surface area contributed by atoms with Gasteiger partial charge in [0.25, 0.3) is 0 Å². The van der Waals surface area contributed by atoms with Gasteiger partial charge in [-0.3, -0.25) is 0 Å². The van der Waals surface area contributed by atoms with Gasteiger partial charge < -0.3 is 5.32 Å². The Balaban J connectivity index is 1.88. The van der Waals surface area contributed by atoms with E-state index in [1.165, 1.54) is 37.7 Å². The van der Waals surface area contributed by atoms with Gasteiger partial charge in [-0.2, -0.15) is 0 Å². The molecule has 20 heavy (non-hydrogen) atoms. The Kier molecular flexibility index (Phi) is 6.10. The fourth-order valence-electron chi connectivity index (χ4n) is 3.36. The van der Waals surface area contributed by atoms with Gasteiger partial charge in [-0.15, -0.1) is 0 Å². The van der Waals surface area contributed by atoms with Crippen LogP contribution in [0.15, 0.2) is 28.7 Å². The molecule has 2 unspecified atom stereocenters. The van der Waals surface area contributed by atoms with Gasteiger partial charge in [0.1, 0.15) is 0 Å². The molecule has 0 aliphatic heterocycles. The van der Waals surface area contributed by atoms with Gasteiger partial charge in [0.15, 0.2) is 0 Å². The molecule has 1 nitrogen and oxygen atoms in total. The van der Waals surface area contributed by atoms with Crippen LogP contribution in [0.3, 0.4) is 0 Å². The van der Waals surface area contributed by atoms with Crippen LogP contribution in [0.2, 0.25) is 0 Å². The molecule has 2 heteroatoms. The highest BCUT2D eigenvalue weighted by atomic mass is 79.9. The predicted octanol–water partition coefficient (Wildman–Crippen LogP) is 5.70. The topological polar surface area (TPSA) is 12.0 Å². The molecule has 0 amide bonds. The van der Waals surface area contributed by atoms with Crippen LogP contribution in [0.5, 0.6) is 0 Å². The molecular formula is C18H28BrN. The third kappa shape index (κ3) is 4.60. The molecule has 0 saturated heterocycles. The van der Waals surface area contributed by atoms with Crippen LogP contribution < -0.4 is 5.32 Å². The van der Waals surface area contributed by atoms with Crippen molar-refractivity contribution < 1.29 is 0 Å². The van der Waals surface area contributed by atoms with Crippen molar-refractivity contribution >= 4 is 15.9 Å². The molecule has 3 atom stereocenters. The maximum atomic E-state index is 3.84. The summed E-state index contributed by atoms with van der Waals surface area (Å²) in [6.07, 6.45) is 6.87. The molecule has 2 rings (SSSR count). The van der Waals surface area contributed by atoms with Gasteiger partial charge in [0.05, 0.1) is 0 Å². The highest BCUT2D eigenvalue weighted by molar-refractivity contribution is 9.10. The number of hydrogen-bond donors (Lipinski definition) is 1. The summed E-state index contributed by atoms with van der Waals surface area (Å²) in [6.45, 7) is 7.04. The number of halogens is 1. The lowest BCUT2D eigenvalue weighted by molar-refractivity contribution is 0.335. The molecular weight excluding hydrogens is 310 g/mol. The average Bonchev–Trinajstić information content (AvgIpc) is 2.65. The Morgan fingerprint density at radius 1 is 1.00 bits per heavy atom. The Morgan fingerprint density at radius 2 is 1.70 bits per heavy atom. The SMILES string of the molecule is CC(C)C1CCCC(N[C@H](C)c2ccc(Br)cc2)CC1. The Hall–Kier alpha value is -0.340. The van der Waals surface area contributed by atoms with Crippen molar-refractivity contribution in [2.45, 2.75) is 65.0 Å². The van der Waals surface area contributed by atoms with Crippen molar-refractivity contribution in [2.24, 2.45) is 11.8 Å². The summed E-state index contributed by atoms with van der Waals surface area (Å²) in [5.74, 6) is 1.78. The van der Waals surface area contributed by atoms with Gasteiger partial charge in [0.2, 0.25) is 0 Å². The number of hydrogen-bond acceptors (Lipinski definition) is 1. The molecule has 1 N–H and O–H groups in total. The summed E-state index contributed by atoms with van der Waals surface area (Å²) in [5.41, 5.74) is 1.39. The molecule has 112 valence electrons. The molecule has 1 aromatic carbocycles. The first-order valence-corrected chi connectivity index (χ1v) is 8.87. The van der Waals surface area contributed by atoms with E-state index in [-0.39, 0.29) is 0 Å². The van der Waals surface area contributed by atoms with Crippen LogP contribution >= 0.6 is 15.9 Å². The minimum Gasteiger partial charge on any atom is -0.307 e. The van der Waals surface area contributed by atoms with E-state index in [9.17, 15) is 0 Å². The maximum Gasteiger partial charge on any atom is 0.0294 e. The lowest BCUT2D eigenvalue weighted by Crippen LogP contribution is -2.31. The second-order valence-electron chi connectivity index (χ2n) is 6.65. The van der Waals surface area contributed by atoms with Gasteiger partial charge in [0, 0.05) is 16.6 Å². The third-order valence-electron chi connectivity index (χ3n) is 4.81. The van der Waals surface area contributed by atoms with Gasteiger partial charge in [-0.25, -0.2) is 0 Å². The van der Waals surface area contributed by atoms with Crippen LogP contribution in [-0.2, 0) is 0 Å². The van der Waals surface area contributed by atoms with Crippen LogP contribution in [0.25, 0.3) is 0 Å². The molecule has 0 bridgehead atoms. The Labute approximate surface area is 132 Å². The Bertz CT molecular complexity index is 398. The maximum absolute atomic E-state index is 3.84. The molecule has 1 fully saturated rings. The van der Waals surface area contributed by atoms with E-state index in [1.54, 1.807) is 0 Å². The smallest absolute Gasteiger partial charge is 0.0294 e. The van der Waals surface area contributed by atoms with Crippen molar-refractivity contribution in [1.29, 1.82) is 0 Å². The second kappa shape index (κ2) is 7.61. The van der Waals surface area contributed by atoms with Crippen molar-refractivity contribution in [3.05, 3.63) is 34.3 Å². The quantitative estimate of drug-likeness (QED) is 0.694. The largest absolute Gasteiger partial charge is 0.307 e. The summed E-state index contributed by atoms with van der Waals surface area (Å²) >= 11 is 3.50. The monoisotopic (exact) mass is 337 g/mol. The highest BCUT2D eigenvalue weighted by Gasteiger charge is 2.22. The van der Waals surface area contributed by atoms with E-state index in [4.69, 9.17) is 0 Å². The van der Waals surface area contributed by atoms with Crippen molar-refractivity contribution in [3.63, 3.8) is 0 Å². The first kappa shape index (κ1) is 16.0. The zero-order valence-electron chi connectivity index (χ0n) is 13.0. The minimum absolute atomic E-state index is 0.448. The highest BCUT2D eigenvalue weighted by Crippen LogP contribution is 2.29. The van der Waals surface area contributed by atoms with Crippen molar-refractivity contribution in [1.82, 2.24) is 5.32 Å². The van der Waals surface area contributed by atoms with E-state index in [2.05, 4.69) is 66.3 Å². The van der Waals surface area contributed by atoms with E-state index in [0.717, 1.165) is 16.3 Å². The number of nitrogens with one attached hydrogen (secondary N) is 1. The Morgan fingerprint density at radius 3 is 2.35 bits per heavy atom. The lowest BCUT2D eigenvalue weighted by atomic mass is 9.89. The number of rotatable bonds is 4. The molecule has 0 radical (unpaired) electrons. The van der Waals surface area contributed by atoms with E-state index in [0.29, 0.717) is 12.1 Å². The van der Waals surface area contributed by atoms with E-state index >= 15 is 0 Å². The van der Waals surface area contributed by atoms with Gasteiger partial charge in [-0.1, -0.05) is 54.8 Å². The lowest BCUT2D eigenvalue weighted by Gasteiger charge is -2.23. The van der Waals surface area contributed by atoms with Crippen LogP contribution in [0.1, 0.15) is 64.5 Å². The van der Waals surface area contributed by atoms with Crippen LogP contribution in [0.4, 0.5) is 0 Å². The van der Waals surface area contributed by atoms with Crippen molar-refractivity contribution in [2.75, 3.05) is 0 Å². The first-order chi connectivity index (χ1) is 9.56. The predicted molar refractivity (Wildman–Crippen MR) is 90.9 cm³/mol. The summed E-state index contributed by atoms with van der Waals surface area (Å²) in [5, 5.41) is 3.84. The summed E-state index contributed by atoms with van der Waals surface area (Å²) in [4.78, 5) is 0. The number of benzene rings is 1. The standard InChI is InChI=1S/C18H28BrN/c1-13(2)15-5-4-6-18(12-9-15)20-14(3)16-7-10-17(19)11-8-16/h7-8,10-11,13-15,18,20H,4-6,9,12H2,1-3H3/t14-,15?,18?/m1/s1. The molecule has 0 heterocycles. The zero-order valence-corrected chi connectivity index (χ0v) is 14.6. The van der Waals surface area contributed by atoms with E-state index < -0.39 is 0 Å². The summed E-state index contributed by atoms with van der Waals surface area (Å²) in [6, 6.07) is 9.84. The molecule has 1 aliphatic rings. The van der Waals surface area contributed by atoms with Crippen LogP contribution in [-0.4, -0.2) is 6.04 Å². The first-order valence-electron chi connectivity index (χ1n) is 8.07.